The van der Waals surface area contributed by atoms with Crippen LogP contribution in [0.2, 0.25) is 0 Å². The number of halogens is 1. The highest BCUT2D eigenvalue weighted by molar-refractivity contribution is 5.54. The molecule has 134 valence electrons. The van der Waals surface area contributed by atoms with Gasteiger partial charge in [0.1, 0.15) is 5.82 Å². The summed E-state index contributed by atoms with van der Waals surface area (Å²) in [6.45, 7) is 6.62. The van der Waals surface area contributed by atoms with E-state index >= 15 is 0 Å². The summed E-state index contributed by atoms with van der Waals surface area (Å²) < 4.78 is 18.5. The number of hydrogen-bond acceptors (Lipinski definition) is 4. The molecule has 1 saturated heterocycles. The van der Waals surface area contributed by atoms with Gasteiger partial charge in [-0.15, -0.1) is 0 Å². The molecule has 2 heterocycles. The van der Waals surface area contributed by atoms with Gasteiger partial charge in [0, 0.05) is 11.3 Å². The number of nitrogens with one attached hydrogen (secondary N) is 1. The number of quaternary nitrogens is 1. The van der Waals surface area contributed by atoms with E-state index in [0.717, 1.165) is 44.0 Å². The van der Waals surface area contributed by atoms with Gasteiger partial charge in [-0.1, -0.05) is 35.0 Å². The second-order valence-electron chi connectivity index (χ2n) is 6.77. The first-order valence-electron chi connectivity index (χ1n) is 8.91. The summed E-state index contributed by atoms with van der Waals surface area (Å²) in [5.74, 6) is 1.12. The molecule has 6 heteroatoms. The van der Waals surface area contributed by atoms with Crippen LogP contribution in [0.15, 0.2) is 53.1 Å². The van der Waals surface area contributed by atoms with Gasteiger partial charge in [-0.2, -0.15) is 4.98 Å². The van der Waals surface area contributed by atoms with Gasteiger partial charge < -0.3 is 14.3 Å². The molecular formula is C20H22FN4O+. The minimum atomic E-state index is -0.196. The first kappa shape index (κ1) is 16.7. The highest BCUT2D eigenvalue weighted by Gasteiger charge is 2.22. The summed E-state index contributed by atoms with van der Waals surface area (Å²) in [7, 11) is 0. The van der Waals surface area contributed by atoms with E-state index in [-0.39, 0.29) is 5.82 Å². The van der Waals surface area contributed by atoms with E-state index in [1.807, 2.05) is 36.4 Å². The maximum absolute atomic E-state index is 13.1. The molecule has 4 rings (SSSR count). The van der Waals surface area contributed by atoms with Crippen molar-refractivity contribution in [3.8, 4) is 11.4 Å². The number of hydrogen-bond donors (Lipinski definition) is 1. The van der Waals surface area contributed by atoms with Crippen LogP contribution in [0.5, 0.6) is 0 Å². The lowest BCUT2D eigenvalue weighted by Crippen LogP contribution is -3.13. The lowest BCUT2D eigenvalue weighted by molar-refractivity contribution is -0.915. The lowest BCUT2D eigenvalue weighted by atomic mass is 10.1. The van der Waals surface area contributed by atoms with Gasteiger partial charge in [0.05, 0.1) is 26.2 Å². The number of aromatic nitrogens is 2. The molecule has 0 saturated carbocycles. The summed E-state index contributed by atoms with van der Waals surface area (Å²) in [5.41, 5.74) is 3.26. The Balaban J connectivity index is 1.34. The molecule has 3 aromatic rings. The van der Waals surface area contributed by atoms with Gasteiger partial charge in [0.2, 0.25) is 5.82 Å². The van der Waals surface area contributed by atoms with Crippen LogP contribution in [0.1, 0.15) is 11.5 Å². The molecule has 0 radical (unpaired) electrons. The van der Waals surface area contributed by atoms with E-state index in [2.05, 4.69) is 22.0 Å². The Hall–Kier alpha value is -2.73. The molecule has 0 aliphatic carbocycles. The van der Waals surface area contributed by atoms with Crippen LogP contribution < -0.4 is 9.80 Å². The Labute approximate surface area is 152 Å². The molecule has 1 aliphatic heterocycles. The van der Waals surface area contributed by atoms with E-state index in [4.69, 9.17) is 4.52 Å². The maximum atomic E-state index is 13.1. The van der Waals surface area contributed by atoms with E-state index in [0.29, 0.717) is 11.7 Å². The Bertz CT molecular complexity index is 852. The van der Waals surface area contributed by atoms with Gasteiger partial charge in [0.15, 0.2) is 6.54 Å². The number of benzene rings is 2. The van der Waals surface area contributed by atoms with Crippen molar-refractivity contribution >= 4 is 5.69 Å². The van der Waals surface area contributed by atoms with Gasteiger partial charge in [0.25, 0.3) is 5.89 Å². The molecule has 1 aromatic heterocycles. The number of aryl methyl sites for hydroxylation is 1. The largest absolute Gasteiger partial charge is 0.360 e. The molecule has 0 spiro atoms. The smallest absolute Gasteiger partial charge is 0.282 e. The molecule has 1 fully saturated rings. The van der Waals surface area contributed by atoms with Crippen molar-refractivity contribution in [2.24, 2.45) is 0 Å². The first-order valence-corrected chi connectivity index (χ1v) is 8.91. The second-order valence-corrected chi connectivity index (χ2v) is 6.77. The van der Waals surface area contributed by atoms with Crippen LogP contribution in [-0.4, -0.2) is 36.3 Å². The molecule has 1 aliphatic rings. The van der Waals surface area contributed by atoms with Crippen LogP contribution in [0.3, 0.4) is 0 Å². The fourth-order valence-corrected chi connectivity index (χ4v) is 3.27. The van der Waals surface area contributed by atoms with Crippen LogP contribution >= 0.6 is 0 Å². The van der Waals surface area contributed by atoms with E-state index in [1.165, 1.54) is 22.6 Å². The van der Waals surface area contributed by atoms with E-state index in [1.54, 1.807) is 0 Å². The molecular weight excluding hydrogens is 331 g/mol. The fraction of sp³-hybridized carbons (Fsp3) is 0.300. The zero-order chi connectivity index (χ0) is 17.9. The van der Waals surface area contributed by atoms with Crippen LogP contribution in [0.4, 0.5) is 10.1 Å². The molecule has 5 nitrogen and oxygen atoms in total. The van der Waals surface area contributed by atoms with Crippen molar-refractivity contribution < 1.29 is 13.8 Å². The van der Waals surface area contributed by atoms with Gasteiger partial charge in [-0.05, 0) is 31.2 Å². The van der Waals surface area contributed by atoms with Crippen molar-refractivity contribution in [1.29, 1.82) is 0 Å². The van der Waals surface area contributed by atoms with Gasteiger partial charge in [-0.25, -0.2) is 4.39 Å². The third kappa shape index (κ3) is 3.75. The summed E-state index contributed by atoms with van der Waals surface area (Å²) in [5, 5.41) is 4.11. The Kier molecular flexibility index (Phi) is 4.67. The summed E-state index contributed by atoms with van der Waals surface area (Å²) in [6, 6.07) is 14.8. The van der Waals surface area contributed by atoms with Crippen LogP contribution in [0.25, 0.3) is 11.4 Å². The number of nitrogens with zero attached hydrogens (tertiary/aromatic N) is 3. The van der Waals surface area contributed by atoms with Crippen molar-refractivity contribution in [2.45, 2.75) is 13.5 Å². The minimum absolute atomic E-state index is 0.196. The molecule has 2 aromatic carbocycles. The Morgan fingerprint density at radius 2 is 1.73 bits per heavy atom. The molecule has 0 unspecified atom stereocenters. The summed E-state index contributed by atoms with van der Waals surface area (Å²) in [4.78, 5) is 8.24. The highest BCUT2D eigenvalue weighted by Crippen LogP contribution is 2.16. The van der Waals surface area contributed by atoms with Crippen molar-refractivity contribution in [1.82, 2.24) is 10.1 Å². The summed E-state index contributed by atoms with van der Waals surface area (Å²) in [6.07, 6.45) is 0. The topological polar surface area (TPSA) is 46.6 Å². The predicted molar refractivity (Wildman–Crippen MR) is 97.5 cm³/mol. The second kappa shape index (κ2) is 7.25. The minimum Gasteiger partial charge on any atom is -0.360 e. The third-order valence-electron chi connectivity index (χ3n) is 4.84. The third-order valence-corrected chi connectivity index (χ3v) is 4.84. The zero-order valence-electron chi connectivity index (χ0n) is 14.8. The molecule has 0 bridgehead atoms. The highest BCUT2D eigenvalue weighted by atomic mass is 19.1. The number of rotatable bonds is 4. The average molecular weight is 353 g/mol. The lowest BCUT2D eigenvalue weighted by Gasteiger charge is -2.33. The van der Waals surface area contributed by atoms with Crippen LogP contribution in [-0.2, 0) is 6.54 Å². The quantitative estimate of drug-likeness (QED) is 0.780. The molecule has 0 atom stereocenters. The monoisotopic (exact) mass is 353 g/mol. The zero-order valence-corrected chi connectivity index (χ0v) is 14.8. The van der Waals surface area contributed by atoms with Crippen LogP contribution in [0, 0.1) is 12.7 Å². The van der Waals surface area contributed by atoms with Gasteiger partial charge >= 0.3 is 0 Å². The Morgan fingerprint density at radius 3 is 2.42 bits per heavy atom. The fourth-order valence-electron chi connectivity index (χ4n) is 3.27. The molecule has 1 N–H and O–H groups in total. The van der Waals surface area contributed by atoms with Gasteiger partial charge in [-0.3, -0.25) is 0 Å². The normalized spacial score (nSPS) is 15.4. The SMILES string of the molecule is Cc1ccc(-c2noc(C[NH+]3CCN(c4ccc(F)cc4)CC3)n2)cc1. The Morgan fingerprint density at radius 1 is 1.04 bits per heavy atom. The van der Waals surface area contributed by atoms with Crippen molar-refractivity contribution in [3.63, 3.8) is 0 Å². The predicted octanol–water partition coefficient (Wildman–Crippen LogP) is 2.09. The van der Waals surface area contributed by atoms with Crippen molar-refractivity contribution in [3.05, 3.63) is 65.8 Å². The van der Waals surface area contributed by atoms with E-state index in [9.17, 15) is 4.39 Å². The number of piperazine rings is 1. The van der Waals surface area contributed by atoms with Crippen molar-refractivity contribution in [2.75, 3.05) is 31.1 Å². The first-order chi connectivity index (χ1) is 12.7. The van der Waals surface area contributed by atoms with E-state index < -0.39 is 0 Å². The number of anilines is 1. The summed E-state index contributed by atoms with van der Waals surface area (Å²) >= 11 is 0. The maximum Gasteiger partial charge on any atom is 0.282 e. The molecule has 26 heavy (non-hydrogen) atoms. The average Bonchev–Trinajstić information content (AvgIpc) is 3.12. The molecule has 0 amide bonds. The standard InChI is InChI=1S/C20H21FN4O/c1-15-2-4-16(5-3-15)20-22-19(26-23-20)14-24-10-12-25(13-11-24)18-8-6-17(21)7-9-18/h2-9H,10-14H2,1H3/p+1.